The minimum Gasteiger partial charge on any atom is -0.495 e. The SMILES string of the molecule is COc1cccc(CN2C[C@@H]3C[C@H](C2)c2ccc(-c4ncc[nH]4)c(=O)n2C3)c1Cl. The Morgan fingerprint density at radius 1 is 1.24 bits per heavy atom. The number of rotatable bonds is 4. The van der Waals surface area contributed by atoms with Crippen molar-refractivity contribution >= 4 is 11.6 Å². The zero-order valence-corrected chi connectivity index (χ0v) is 17.0. The van der Waals surface area contributed by atoms with Gasteiger partial charge in [0, 0.05) is 50.2 Å². The lowest BCUT2D eigenvalue weighted by molar-refractivity contribution is 0.114. The molecule has 6 nitrogen and oxygen atoms in total. The number of methoxy groups -OCH3 is 1. The zero-order chi connectivity index (χ0) is 20.0. The van der Waals surface area contributed by atoms with Gasteiger partial charge in [0.15, 0.2) is 0 Å². The molecule has 1 fully saturated rings. The van der Waals surface area contributed by atoms with Gasteiger partial charge >= 0.3 is 0 Å². The molecule has 0 saturated carbocycles. The number of H-pyrrole nitrogens is 1. The highest BCUT2D eigenvalue weighted by Gasteiger charge is 2.35. The van der Waals surface area contributed by atoms with Gasteiger partial charge in [0.1, 0.15) is 11.6 Å². The van der Waals surface area contributed by atoms with Crippen LogP contribution in [0, 0.1) is 5.92 Å². The summed E-state index contributed by atoms with van der Waals surface area (Å²) in [6.45, 7) is 3.42. The molecule has 150 valence electrons. The monoisotopic (exact) mass is 410 g/mol. The van der Waals surface area contributed by atoms with Crippen molar-refractivity contribution in [1.82, 2.24) is 19.4 Å². The van der Waals surface area contributed by atoms with E-state index in [1.54, 1.807) is 19.5 Å². The lowest BCUT2D eigenvalue weighted by Gasteiger charge is -2.43. The molecule has 0 radical (unpaired) electrons. The summed E-state index contributed by atoms with van der Waals surface area (Å²) >= 11 is 6.51. The Labute approximate surface area is 174 Å². The number of hydrogen-bond acceptors (Lipinski definition) is 4. The number of hydrogen-bond donors (Lipinski definition) is 1. The Balaban J connectivity index is 1.42. The van der Waals surface area contributed by atoms with Gasteiger partial charge in [0.25, 0.3) is 5.56 Å². The molecule has 0 aliphatic carbocycles. The van der Waals surface area contributed by atoms with Gasteiger partial charge in [-0.25, -0.2) is 4.98 Å². The van der Waals surface area contributed by atoms with Crippen molar-refractivity contribution in [1.29, 1.82) is 0 Å². The van der Waals surface area contributed by atoms with E-state index in [2.05, 4.69) is 27.0 Å². The molecular formula is C22H23ClN4O2. The predicted molar refractivity (Wildman–Crippen MR) is 112 cm³/mol. The number of nitrogens with one attached hydrogen (secondary N) is 1. The topological polar surface area (TPSA) is 63.1 Å². The quantitative estimate of drug-likeness (QED) is 0.714. The smallest absolute Gasteiger partial charge is 0.261 e. The maximum absolute atomic E-state index is 13.1. The molecule has 29 heavy (non-hydrogen) atoms. The molecule has 1 aromatic carbocycles. The summed E-state index contributed by atoms with van der Waals surface area (Å²) in [5.74, 6) is 2.15. The first-order valence-corrected chi connectivity index (χ1v) is 10.3. The second-order valence-corrected chi connectivity index (χ2v) is 8.33. The summed E-state index contributed by atoms with van der Waals surface area (Å²) in [5.41, 5.74) is 2.90. The number of nitrogens with zero attached hydrogens (tertiary/aromatic N) is 3. The number of pyridine rings is 1. The number of aromatic nitrogens is 3. The number of imidazole rings is 1. The van der Waals surface area contributed by atoms with Crippen molar-refractivity contribution in [2.45, 2.75) is 25.4 Å². The summed E-state index contributed by atoms with van der Waals surface area (Å²) in [7, 11) is 1.64. The second-order valence-electron chi connectivity index (χ2n) is 7.95. The van der Waals surface area contributed by atoms with Crippen molar-refractivity contribution in [2.24, 2.45) is 5.92 Å². The molecule has 2 atom stereocenters. The Kier molecular flexibility index (Phi) is 4.68. The van der Waals surface area contributed by atoms with E-state index in [0.29, 0.717) is 34.0 Å². The average Bonchev–Trinajstić information content (AvgIpc) is 3.25. The Hall–Kier alpha value is -2.57. The predicted octanol–water partition coefficient (Wildman–Crippen LogP) is 3.52. The molecule has 3 aromatic rings. The van der Waals surface area contributed by atoms with E-state index in [1.807, 2.05) is 22.8 Å². The van der Waals surface area contributed by atoms with E-state index in [-0.39, 0.29) is 5.56 Å². The van der Waals surface area contributed by atoms with Crippen LogP contribution >= 0.6 is 11.6 Å². The Morgan fingerprint density at radius 3 is 2.93 bits per heavy atom. The standard InChI is InChI=1S/C22H23ClN4O2/c1-29-19-4-2-3-15(20(19)23)12-26-10-14-9-16(13-26)18-6-5-17(21-24-7-8-25-21)22(28)27(18)11-14/h2-8,14,16H,9-13H2,1H3,(H,24,25)/t14-,16+/m0/s1. The van der Waals surface area contributed by atoms with Gasteiger partial charge in [-0.1, -0.05) is 23.7 Å². The van der Waals surface area contributed by atoms with Gasteiger partial charge in [-0.3, -0.25) is 9.69 Å². The molecule has 2 aliphatic heterocycles. The summed E-state index contributed by atoms with van der Waals surface area (Å²) < 4.78 is 7.32. The summed E-state index contributed by atoms with van der Waals surface area (Å²) in [5, 5.41) is 0.686. The van der Waals surface area contributed by atoms with Crippen LogP contribution in [-0.4, -0.2) is 39.6 Å². The van der Waals surface area contributed by atoms with Crippen LogP contribution in [0.1, 0.15) is 23.6 Å². The molecule has 5 rings (SSSR count). The largest absolute Gasteiger partial charge is 0.495 e. The summed E-state index contributed by atoms with van der Waals surface area (Å²) in [6, 6.07) is 9.93. The lowest BCUT2D eigenvalue weighted by Crippen LogP contribution is -2.47. The van der Waals surface area contributed by atoms with Crippen LogP contribution in [0.5, 0.6) is 5.75 Å². The average molecular weight is 411 g/mol. The van der Waals surface area contributed by atoms with E-state index in [4.69, 9.17) is 16.3 Å². The van der Waals surface area contributed by atoms with Crippen LogP contribution in [0.15, 0.2) is 47.5 Å². The van der Waals surface area contributed by atoms with E-state index in [1.165, 1.54) is 0 Å². The van der Waals surface area contributed by atoms with Gasteiger partial charge in [-0.05, 0) is 36.1 Å². The highest BCUT2D eigenvalue weighted by atomic mass is 35.5. The Morgan fingerprint density at radius 2 is 2.14 bits per heavy atom. The normalized spacial score (nSPS) is 21.0. The maximum atomic E-state index is 13.1. The minimum absolute atomic E-state index is 0.0523. The molecule has 7 heteroatoms. The van der Waals surface area contributed by atoms with E-state index in [9.17, 15) is 4.79 Å². The zero-order valence-electron chi connectivity index (χ0n) is 16.3. The number of ether oxygens (including phenoxy) is 1. The maximum Gasteiger partial charge on any atom is 0.261 e. The first kappa shape index (κ1) is 18.5. The molecule has 0 spiro atoms. The van der Waals surface area contributed by atoms with Gasteiger partial charge in [0.05, 0.1) is 17.7 Å². The summed E-state index contributed by atoms with van der Waals surface area (Å²) in [6.07, 6.45) is 4.55. The number of halogens is 1. The molecular weight excluding hydrogens is 388 g/mol. The van der Waals surface area contributed by atoms with Crippen molar-refractivity contribution in [3.8, 4) is 17.1 Å². The fourth-order valence-electron chi connectivity index (χ4n) is 4.84. The van der Waals surface area contributed by atoms with E-state index >= 15 is 0 Å². The van der Waals surface area contributed by atoms with Gasteiger partial charge in [-0.2, -0.15) is 0 Å². The number of benzene rings is 1. The molecule has 4 heterocycles. The third kappa shape index (κ3) is 3.26. The van der Waals surface area contributed by atoms with Crippen molar-refractivity contribution in [2.75, 3.05) is 20.2 Å². The first-order valence-electron chi connectivity index (χ1n) is 9.91. The van der Waals surface area contributed by atoms with Crippen molar-refractivity contribution in [3.63, 3.8) is 0 Å². The fraction of sp³-hybridized carbons (Fsp3) is 0.364. The summed E-state index contributed by atoms with van der Waals surface area (Å²) in [4.78, 5) is 22.8. The molecule has 1 N–H and O–H groups in total. The highest BCUT2D eigenvalue weighted by molar-refractivity contribution is 6.32. The van der Waals surface area contributed by atoms with Crippen LogP contribution < -0.4 is 10.3 Å². The minimum atomic E-state index is 0.0523. The molecule has 1 saturated heterocycles. The first-order chi connectivity index (χ1) is 14.1. The number of aromatic amines is 1. The van der Waals surface area contributed by atoms with Crippen LogP contribution in [0.3, 0.4) is 0 Å². The van der Waals surface area contributed by atoms with E-state index < -0.39 is 0 Å². The number of fused-ring (bicyclic) bond motifs is 4. The van der Waals surface area contributed by atoms with Gasteiger partial charge < -0.3 is 14.3 Å². The molecule has 2 bridgehead atoms. The third-order valence-electron chi connectivity index (χ3n) is 6.09. The fourth-order valence-corrected chi connectivity index (χ4v) is 5.11. The second kappa shape index (κ2) is 7.35. The van der Waals surface area contributed by atoms with Crippen LogP contribution in [-0.2, 0) is 13.1 Å². The molecule has 0 unspecified atom stereocenters. The number of likely N-dealkylation sites (tertiary alicyclic amines) is 1. The van der Waals surface area contributed by atoms with Crippen molar-refractivity contribution < 1.29 is 4.74 Å². The highest BCUT2D eigenvalue weighted by Crippen LogP contribution is 2.37. The van der Waals surface area contributed by atoms with Crippen LogP contribution in [0.25, 0.3) is 11.4 Å². The molecule has 2 aromatic heterocycles. The van der Waals surface area contributed by atoms with Gasteiger partial charge in [-0.15, -0.1) is 0 Å². The molecule has 2 aliphatic rings. The van der Waals surface area contributed by atoms with Gasteiger partial charge in [0.2, 0.25) is 0 Å². The molecule has 0 amide bonds. The Bertz CT molecular complexity index is 1090. The van der Waals surface area contributed by atoms with Crippen LogP contribution in [0.4, 0.5) is 0 Å². The lowest BCUT2D eigenvalue weighted by atomic mass is 9.82. The van der Waals surface area contributed by atoms with Crippen molar-refractivity contribution in [3.05, 3.63) is 69.4 Å². The van der Waals surface area contributed by atoms with Crippen LogP contribution in [0.2, 0.25) is 5.02 Å². The van der Waals surface area contributed by atoms with E-state index in [0.717, 1.165) is 43.9 Å². The number of piperidine rings is 1. The third-order valence-corrected chi connectivity index (χ3v) is 6.52.